The minimum Gasteiger partial charge on any atom is -0.378 e. The van der Waals surface area contributed by atoms with Gasteiger partial charge in [-0.3, -0.25) is 4.79 Å². The number of carbonyl (C=O) groups excluding carboxylic acids is 1. The molecule has 1 heterocycles. The number of hydrogen-bond acceptors (Lipinski definition) is 4. The molecule has 1 amide bonds. The van der Waals surface area contributed by atoms with E-state index >= 15 is 0 Å². The summed E-state index contributed by atoms with van der Waals surface area (Å²) >= 11 is 0. The lowest BCUT2D eigenvalue weighted by atomic mass is 10.2. The molecule has 0 bridgehead atoms. The van der Waals surface area contributed by atoms with Gasteiger partial charge in [0.2, 0.25) is 5.91 Å². The van der Waals surface area contributed by atoms with Gasteiger partial charge in [0.15, 0.2) is 0 Å². The summed E-state index contributed by atoms with van der Waals surface area (Å²) in [5.41, 5.74) is 0. The number of amides is 1. The highest BCUT2D eigenvalue weighted by Crippen LogP contribution is 1.92. The molecule has 82 valence electrons. The Kier molecular flexibility index (Phi) is 5.51. The Morgan fingerprint density at radius 1 is 1.57 bits per heavy atom. The summed E-state index contributed by atoms with van der Waals surface area (Å²) in [6.45, 7) is 6.39. The van der Waals surface area contributed by atoms with E-state index in [1.807, 2.05) is 6.92 Å². The normalized spacial score (nSPS) is 21.9. The molecule has 1 atom stereocenters. The summed E-state index contributed by atoms with van der Waals surface area (Å²) in [7, 11) is 0. The van der Waals surface area contributed by atoms with E-state index in [-0.39, 0.29) is 11.9 Å². The number of ether oxygens (including phenoxy) is 1. The summed E-state index contributed by atoms with van der Waals surface area (Å²) in [5, 5.41) is 9.09. The number of likely N-dealkylation sites (N-methyl/N-ethyl adjacent to an activating group) is 1. The van der Waals surface area contributed by atoms with Crippen molar-refractivity contribution in [3.05, 3.63) is 0 Å². The van der Waals surface area contributed by atoms with E-state index in [0.29, 0.717) is 19.8 Å². The fourth-order valence-electron chi connectivity index (χ4n) is 1.31. The van der Waals surface area contributed by atoms with E-state index in [0.717, 1.165) is 19.6 Å². The topological polar surface area (TPSA) is 62.4 Å². The van der Waals surface area contributed by atoms with Crippen LogP contribution < -0.4 is 16.0 Å². The Hall–Kier alpha value is -0.650. The molecule has 0 aromatic rings. The first-order chi connectivity index (χ1) is 6.84. The maximum Gasteiger partial charge on any atom is 0.239 e. The van der Waals surface area contributed by atoms with Crippen LogP contribution in [-0.4, -0.2) is 51.3 Å². The van der Waals surface area contributed by atoms with Gasteiger partial charge in [-0.15, -0.1) is 0 Å². The summed E-state index contributed by atoms with van der Waals surface area (Å²) < 4.78 is 5.19. The summed E-state index contributed by atoms with van der Waals surface area (Å²) in [6.07, 6.45) is 0. The van der Waals surface area contributed by atoms with E-state index in [2.05, 4.69) is 16.0 Å². The number of rotatable bonds is 5. The van der Waals surface area contributed by atoms with Crippen molar-refractivity contribution < 1.29 is 9.53 Å². The monoisotopic (exact) mass is 201 g/mol. The minimum atomic E-state index is -0.176. The van der Waals surface area contributed by atoms with Crippen LogP contribution in [0, 0.1) is 0 Å². The molecule has 0 radical (unpaired) electrons. The zero-order chi connectivity index (χ0) is 10.2. The van der Waals surface area contributed by atoms with Crippen molar-refractivity contribution in [1.29, 1.82) is 0 Å². The van der Waals surface area contributed by atoms with Crippen LogP contribution in [0.25, 0.3) is 0 Å². The fourth-order valence-corrected chi connectivity index (χ4v) is 1.31. The Morgan fingerprint density at radius 2 is 2.43 bits per heavy atom. The van der Waals surface area contributed by atoms with Crippen LogP contribution in [0.4, 0.5) is 0 Å². The second-order valence-electron chi connectivity index (χ2n) is 3.23. The third-order valence-corrected chi connectivity index (χ3v) is 2.09. The van der Waals surface area contributed by atoms with Crippen LogP contribution in [0.3, 0.4) is 0 Å². The lowest BCUT2D eigenvalue weighted by molar-refractivity contribution is -0.125. The molecule has 14 heavy (non-hydrogen) atoms. The molecular formula is C9H19N3O2. The molecule has 0 saturated carbocycles. The Bertz CT molecular complexity index is 169. The molecule has 3 N–H and O–H groups in total. The van der Waals surface area contributed by atoms with Crippen molar-refractivity contribution in [1.82, 2.24) is 16.0 Å². The zero-order valence-electron chi connectivity index (χ0n) is 8.64. The summed E-state index contributed by atoms with van der Waals surface area (Å²) in [6, 6.07) is -0.176. The van der Waals surface area contributed by atoms with Gasteiger partial charge in [-0.25, -0.2) is 0 Å². The van der Waals surface area contributed by atoms with Gasteiger partial charge in [-0.05, 0) is 6.54 Å². The summed E-state index contributed by atoms with van der Waals surface area (Å²) in [4.78, 5) is 11.5. The molecule has 0 spiro atoms. The fraction of sp³-hybridized carbons (Fsp3) is 0.889. The van der Waals surface area contributed by atoms with Crippen molar-refractivity contribution in [3.63, 3.8) is 0 Å². The van der Waals surface area contributed by atoms with Crippen LogP contribution in [0.1, 0.15) is 6.92 Å². The van der Waals surface area contributed by atoms with Gasteiger partial charge in [0.25, 0.3) is 0 Å². The maximum atomic E-state index is 11.5. The standard InChI is InChI=1S/C9H19N3O2/c1-2-10-3-4-12-9(13)8-7-14-6-5-11-8/h8,10-11H,2-7H2,1H3,(H,12,13). The van der Waals surface area contributed by atoms with E-state index in [1.165, 1.54) is 0 Å². The molecule has 1 aliphatic heterocycles. The minimum absolute atomic E-state index is 0.0302. The second kappa shape index (κ2) is 6.75. The number of carbonyl (C=O) groups is 1. The first-order valence-corrected chi connectivity index (χ1v) is 5.14. The smallest absolute Gasteiger partial charge is 0.239 e. The largest absolute Gasteiger partial charge is 0.378 e. The van der Waals surface area contributed by atoms with Crippen LogP contribution in [-0.2, 0) is 9.53 Å². The molecule has 0 aromatic heterocycles. The van der Waals surface area contributed by atoms with E-state index < -0.39 is 0 Å². The number of nitrogens with one attached hydrogen (secondary N) is 3. The quantitative estimate of drug-likeness (QED) is 0.484. The van der Waals surface area contributed by atoms with Gasteiger partial charge in [0, 0.05) is 19.6 Å². The van der Waals surface area contributed by atoms with Gasteiger partial charge < -0.3 is 20.7 Å². The highest BCUT2D eigenvalue weighted by molar-refractivity contribution is 5.81. The predicted octanol–water partition coefficient (Wildman–Crippen LogP) is -1.30. The molecule has 5 heteroatoms. The Labute approximate surface area is 84.6 Å². The highest BCUT2D eigenvalue weighted by Gasteiger charge is 2.20. The van der Waals surface area contributed by atoms with Crippen LogP contribution >= 0.6 is 0 Å². The first-order valence-electron chi connectivity index (χ1n) is 5.14. The molecule has 1 rings (SSSR count). The Morgan fingerprint density at radius 3 is 3.07 bits per heavy atom. The molecule has 1 unspecified atom stereocenters. The molecule has 0 aromatic carbocycles. The van der Waals surface area contributed by atoms with E-state index in [9.17, 15) is 4.79 Å². The van der Waals surface area contributed by atoms with E-state index in [4.69, 9.17) is 4.74 Å². The number of morpholine rings is 1. The Balaban J connectivity index is 2.07. The molecule has 1 aliphatic rings. The molecule has 1 fully saturated rings. The van der Waals surface area contributed by atoms with Gasteiger partial charge in [0.1, 0.15) is 6.04 Å². The van der Waals surface area contributed by atoms with Gasteiger partial charge in [0.05, 0.1) is 13.2 Å². The van der Waals surface area contributed by atoms with Crippen LogP contribution in [0.15, 0.2) is 0 Å². The van der Waals surface area contributed by atoms with Crippen molar-refractivity contribution in [2.24, 2.45) is 0 Å². The van der Waals surface area contributed by atoms with Gasteiger partial charge in [-0.2, -0.15) is 0 Å². The average Bonchev–Trinajstić information content (AvgIpc) is 2.25. The first kappa shape index (κ1) is 11.4. The van der Waals surface area contributed by atoms with E-state index in [1.54, 1.807) is 0 Å². The lowest BCUT2D eigenvalue weighted by Gasteiger charge is -2.22. The number of hydrogen-bond donors (Lipinski definition) is 3. The third-order valence-electron chi connectivity index (χ3n) is 2.09. The van der Waals surface area contributed by atoms with Crippen molar-refractivity contribution >= 4 is 5.91 Å². The second-order valence-corrected chi connectivity index (χ2v) is 3.23. The average molecular weight is 201 g/mol. The van der Waals surface area contributed by atoms with Gasteiger partial charge >= 0.3 is 0 Å². The van der Waals surface area contributed by atoms with Gasteiger partial charge in [-0.1, -0.05) is 6.92 Å². The molecule has 5 nitrogen and oxygen atoms in total. The molecule has 1 saturated heterocycles. The van der Waals surface area contributed by atoms with Crippen LogP contribution in [0.2, 0.25) is 0 Å². The summed E-state index contributed by atoms with van der Waals surface area (Å²) in [5.74, 6) is 0.0302. The predicted molar refractivity (Wildman–Crippen MR) is 54.2 cm³/mol. The SMILES string of the molecule is CCNCCNC(=O)C1COCCN1. The van der Waals surface area contributed by atoms with Crippen LogP contribution in [0.5, 0.6) is 0 Å². The zero-order valence-corrected chi connectivity index (χ0v) is 8.64. The van der Waals surface area contributed by atoms with Crippen molar-refractivity contribution in [3.8, 4) is 0 Å². The van der Waals surface area contributed by atoms with Crippen molar-refractivity contribution in [2.75, 3.05) is 39.4 Å². The molecule has 0 aliphatic carbocycles. The maximum absolute atomic E-state index is 11.5. The highest BCUT2D eigenvalue weighted by atomic mass is 16.5. The third kappa shape index (κ3) is 4.04. The molecular weight excluding hydrogens is 182 g/mol. The lowest BCUT2D eigenvalue weighted by Crippen LogP contribution is -2.52. The van der Waals surface area contributed by atoms with Crippen molar-refractivity contribution in [2.45, 2.75) is 13.0 Å².